The molecule has 0 N–H and O–H groups in total. The Morgan fingerprint density at radius 3 is 1.82 bits per heavy atom. The van der Waals surface area contributed by atoms with Crippen LogP contribution in [0.2, 0.25) is 37.3 Å². The molecule has 0 radical (unpaired) electrons. The molecule has 4 fully saturated rings. The molecule has 0 aromatic heterocycles. The van der Waals surface area contributed by atoms with Crippen LogP contribution in [0.4, 0.5) is 0 Å². The zero-order valence-corrected chi connectivity index (χ0v) is 31.1. The van der Waals surface area contributed by atoms with E-state index in [4.69, 9.17) is 0 Å². The van der Waals surface area contributed by atoms with Crippen LogP contribution in [0.5, 0.6) is 0 Å². The Morgan fingerprint density at radius 2 is 1.21 bits per heavy atom. The van der Waals surface area contributed by atoms with Crippen LogP contribution in [0.15, 0.2) is 0 Å². The number of hydrogen-bond acceptors (Lipinski definition) is 0. The SMILES string of the molecule is CC(C)(C)CC1CCC([Si](C)(C)[Si](C)(C)C2CCC3C4CCCCC4CCC32)C1.[CH3-].[CH3-].[CH3-].[CH3-].[Hf+4]. The molecule has 4 saturated carbocycles. The molecule has 0 saturated heterocycles. The molecule has 34 heavy (non-hydrogen) atoms. The molecule has 4 aliphatic carbocycles. The van der Waals surface area contributed by atoms with Crippen molar-refractivity contribution in [3.05, 3.63) is 29.7 Å². The van der Waals surface area contributed by atoms with E-state index in [1.807, 2.05) is 0 Å². The minimum absolute atomic E-state index is 0. The van der Waals surface area contributed by atoms with Crippen LogP contribution >= 0.6 is 0 Å². The van der Waals surface area contributed by atoms with Crippen LogP contribution in [-0.2, 0) is 25.8 Å². The predicted molar refractivity (Wildman–Crippen MR) is 160 cm³/mol. The van der Waals surface area contributed by atoms with Crippen LogP contribution < -0.4 is 0 Å². The fourth-order valence-corrected chi connectivity index (χ4v) is 23.4. The van der Waals surface area contributed by atoms with Gasteiger partial charge in [0.25, 0.3) is 0 Å². The quantitative estimate of drug-likeness (QED) is 0.206. The molecular weight excluding hydrogens is 607 g/mol. The van der Waals surface area contributed by atoms with E-state index in [9.17, 15) is 0 Å². The van der Waals surface area contributed by atoms with Gasteiger partial charge in [-0.3, -0.25) is 0 Å². The summed E-state index contributed by atoms with van der Waals surface area (Å²) in [5.41, 5.74) is 2.84. The van der Waals surface area contributed by atoms with Gasteiger partial charge in [0.15, 0.2) is 0 Å². The zero-order chi connectivity index (χ0) is 21.0. The normalized spacial score (nSPS) is 35.2. The van der Waals surface area contributed by atoms with Gasteiger partial charge in [-0.05, 0) is 78.2 Å². The van der Waals surface area contributed by atoms with Crippen molar-refractivity contribution in [1.82, 2.24) is 0 Å². The fourth-order valence-electron chi connectivity index (χ4n) is 9.29. The average Bonchev–Trinajstić information content (AvgIpc) is 3.27. The molecule has 0 spiro atoms. The smallest absolute Gasteiger partial charge is 0.358 e. The monoisotopic (exact) mass is 672 g/mol. The maximum atomic E-state index is 2.90. The van der Waals surface area contributed by atoms with E-state index in [1.54, 1.807) is 70.6 Å². The summed E-state index contributed by atoms with van der Waals surface area (Å²) in [5, 5.41) is 0. The van der Waals surface area contributed by atoms with E-state index in [1.165, 1.54) is 12.0 Å². The first-order chi connectivity index (χ1) is 13.5. The Morgan fingerprint density at radius 1 is 0.618 bits per heavy atom. The summed E-state index contributed by atoms with van der Waals surface area (Å²) >= 11 is 0. The summed E-state index contributed by atoms with van der Waals surface area (Å²) in [4.78, 5) is 0. The maximum Gasteiger partial charge on any atom is 4.00 e. The molecule has 0 aromatic rings. The topological polar surface area (TPSA) is 0 Å². The van der Waals surface area contributed by atoms with Crippen molar-refractivity contribution in [2.45, 2.75) is 135 Å². The summed E-state index contributed by atoms with van der Waals surface area (Å²) in [6.45, 7) is 18.9. The van der Waals surface area contributed by atoms with Crippen LogP contribution in [0.1, 0.15) is 97.8 Å². The number of hydrogen-bond donors (Lipinski definition) is 0. The minimum atomic E-state index is -1.18. The van der Waals surface area contributed by atoms with Gasteiger partial charge >= 0.3 is 25.8 Å². The molecular formula is C31H64HfSi2. The van der Waals surface area contributed by atoms with Crippen LogP contribution in [-0.4, -0.2) is 15.2 Å². The average molecular weight is 672 g/mol. The summed E-state index contributed by atoms with van der Waals surface area (Å²) in [7, 11) is -2.34. The molecule has 7 unspecified atom stereocenters. The van der Waals surface area contributed by atoms with Gasteiger partial charge in [-0.25, -0.2) is 0 Å². The van der Waals surface area contributed by atoms with E-state index >= 15 is 0 Å². The molecule has 200 valence electrons. The Kier molecular flexibility index (Phi) is 15.3. The first-order valence-electron chi connectivity index (χ1n) is 13.5. The molecule has 0 heterocycles. The first kappa shape index (κ1) is 37.5. The fraction of sp³-hybridized carbons (Fsp3) is 0.871. The Bertz CT molecular complexity index is 578. The Labute approximate surface area is 239 Å². The summed E-state index contributed by atoms with van der Waals surface area (Å²) in [6.07, 6.45) is 18.9. The van der Waals surface area contributed by atoms with Crippen molar-refractivity contribution in [3.8, 4) is 0 Å². The molecule has 4 rings (SSSR count). The largest absolute Gasteiger partial charge is 4.00 e. The van der Waals surface area contributed by atoms with Gasteiger partial charge < -0.3 is 29.7 Å². The van der Waals surface area contributed by atoms with Crippen molar-refractivity contribution >= 4 is 15.2 Å². The van der Waals surface area contributed by atoms with E-state index in [-0.39, 0.29) is 55.5 Å². The molecule has 0 aromatic carbocycles. The Hall–Kier alpha value is 1.30. The molecule has 0 amide bonds. The van der Waals surface area contributed by atoms with Gasteiger partial charge in [-0.1, -0.05) is 91.9 Å². The molecule has 7 atom stereocenters. The molecule has 0 nitrogen and oxygen atoms in total. The Balaban J connectivity index is 0. The second-order valence-corrected chi connectivity index (χ2v) is 30.6. The summed E-state index contributed by atoms with van der Waals surface area (Å²) in [6, 6.07) is 0. The van der Waals surface area contributed by atoms with Gasteiger partial charge in [0.05, 0.1) is 0 Å². The molecule has 0 aliphatic heterocycles. The number of rotatable bonds is 4. The summed E-state index contributed by atoms with van der Waals surface area (Å²) in [5.74, 6) is 5.60. The summed E-state index contributed by atoms with van der Waals surface area (Å²) < 4.78 is 0. The van der Waals surface area contributed by atoms with Crippen molar-refractivity contribution in [3.63, 3.8) is 0 Å². The second kappa shape index (κ2) is 13.9. The van der Waals surface area contributed by atoms with Crippen LogP contribution in [0.3, 0.4) is 0 Å². The van der Waals surface area contributed by atoms with Crippen molar-refractivity contribution in [1.29, 1.82) is 0 Å². The second-order valence-electron chi connectivity index (χ2n) is 14.4. The zero-order valence-electron chi connectivity index (χ0n) is 25.5. The third-order valence-corrected chi connectivity index (χ3v) is 32.1. The van der Waals surface area contributed by atoms with E-state index in [0.717, 1.165) is 35.1 Å². The van der Waals surface area contributed by atoms with Crippen molar-refractivity contribution in [2.75, 3.05) is 0 Å². The van der Waals surface area contributed by atoms with Crippen LogP contribution in [0, 0.1) is 64.7 Å². The predicted octanol–water partition coefficient (Wildman–Crippen LogP) is 10.9. The van der Waals surface area contributed by atoms with Crippen molar-refractivity contribution < 1.29 is 25.8 Å². The van der Waals surface area contributed by atoms with Gasteiger partial charge in [0.2, 0.25) is 0 Å². The molecule has 4 aliphatic rings. The minimum Gasteiger partial charge on any atom is -0.358 e. The first-order valence-corrected chi connectivity index (χ1v) is 20.7. The van der Waals surface area contributed by atoms with E-state index in [2.05, 4.69) is 47.0 Å². The third kappa shape index (κ3) is 7.24. The van der Waals surface area contributed by atoms with E-state index < -0.39 is 15.2 Å². The van der Waals surface area contributed by atoms with Gasteiger partial charge in [0, 0.05) is 15.2 Å². The third-order valence-electron chi connectivity index (χ3n) is 11.3. The van der Waals surface area contributed by atoms with E-state index in [0.29, 0.717) is 5.41 Å². The standard InChI is InChI=1S/C27H52Si2.4CH3.Hf/c1-27(2,3)19-20-12-14-22(18-20)28(4,5)29(6,7)26-17-16-24-23-11-9-8-10-21(23)13-15-25(24)26;;;;;/h20-26H,8-19H2,1-7H3;4*1H3;/q;4*-1;+4. The van der Waals surface area contributed by atoms with Gasteiger partial charge in [-0.2, -0.15) is 0 Å². The number of fused-ring (bicyclic) bond motifs is 3. The maximum absolute atomic E-state index is 2.90. The van der Waals surface area contributed by atoms with Crippen molar-refractivity contribution in [2.24, 2.45) is 35.0 Å². The molecule has 0 bridgehead atoms. The van der Waals surface area contributed by atoms with Crippen LogP contribution in [0.25, 0.3) is 0 Å². The van der Waals surface area contributed by atoms with Gasteiger partial charge in [0.1, 0.15) is 0 Å². The van der Waals surface area contributed by atoms with Gasteiger partial charge in [-0.15, -0.1) is 0 Å². The molecule has 3 heteroatoms.